The number of rotatable bonds is 6. The number of hydrogen-bond acceptors (Lipinski definition) is 6. The Bertz CT molecular complexity index is 1080. The summed E-state index contributed by atoms with van der Waals surface area (Å²) in [6.07, 6.45) is 6.85. The van der Waals surface area contributed by atoms with Gasteiger partial charge >= 0.3 is 0 Å². The van der Waals surface area contributed by atoms with Gasteiger partial charge in [0.25, 0.3) is 0 Å². The summed E-state index contributed by atoms with van der Waals surface area (Å²) in [7, 11) is 0. The van der Waals surface area contributed by atoms with Crippen LogP contribution in [0.15, 0.2) is 61.2 Å². The molecule has 0 aromatic carbocycles. The standard InChI is InChI=1S/C20H17FN6O/c1-2-28-18-11-16(14-5-4-8-22-12-14)25-26-17(18)13-27-10-9-23-20(27)15-6-3-7-19(21)24-15/h3-12H,2,13H2,1H3. The quantitative estimate of drug-likeness (QED) is 0.480. The first-order chi connectivity index (χ1) is 13.7. The molecule has 0 atom stereocenters. The van der Waals surface area contributed by atoms with Crippen LogP contribution in [0.4, 0.5) is 4.39 Å². The van der Waals surface area contributed by atoms with Crippen molar-refractivity contribution < 1.29 is 9.13 Å². The fourth-order valence-corrected chi connectivity index (χ4v) is 2.81. The van der Waals surface area contributed by atoms with Gasteiger partial charge in [0.05, 0.1) is 18.8 Å². The van der Waals surface area contributed by atoms with E-state index in [0.29, 0.717) is 41.8 Å². The van der Waals surface area contributed by atoms with Gasteiger partial charge in [-0.15, -0.1) is 10.2 Å². The average Bonchev–Trinajstić information content (AvgIpc) is 3.18. The van der Waals surface area contributed by atoms with Gasteiger partial charge in [0, 0.05) is 36.4 Å². The molecule has 4 aromatic rings. The Labute approximate surface area is 160 Å². The maximum Gasteiger partial charge on any atom is 0.213 e. The van der Waals surface area contributed by atoms with E-state index in [1.54, 1.807) is 36.9 Å². The van der Waals surface area contributed by atoms with Crippen LogP contribution >= 0.6 is 0 Å². The molecule has 8 heteroatoms. The topological polar surface area (TPSA) is 78.6 Å². The van der Waals surface area contributed by atoms with E-state index in [-0.39, 0.29) is 0 Å². The molecule has 0 fully saturated rings. The maximum atomic E-state index is 13.5. The molecular weight excluding hydrogens is 359 g/mol. The summed E-state index contributed by atoms with van der Waals surface area (Å²) in [6, 6.07) is 10.2. The Balaban J connectivity index is 1.68. The van der Waals surface area contributed by atoms with Crippen LogP contribution in [0.3, 0.4) is 0 Å². The third kappa shape index (κ3) is 3.71. The zero-order chi connectivity index (χ0) is 19.3. The first-order valence-corrected chi connectivity index (χ1v) is 8.78. The molecule has 0 aliphatic heterocycles. The fraction of sp³-hybridized carbons (Fsp3) is 0.150. The molecule has 4 rings (SSSR count). The number of pyridine rings is 2. The number of nitrogens with zero attached hydrogens (tertiary/aromatic N) is 6. The van der Waals surface area contributed by atoms with E-state index in [2.05, 4.69) is 25.1 Å². The van der Waals surface area contributed by atoms with Crippen molar-refractivity contribution in [3.63, 3.8) is 0 Å². The van der Waals surface area contributed by atoms with E-state index in [0.717, 1.165) is 5.56 Å². The molecule has 0 radical (unpaired) electrons. The van der Waals surface area contributed by atoms with E-state index in [4.69, 9.17) is 4.74 Å². The normalized spacial score (nSPS) is 10.8. The van der Waals surface area contributed by atoms with E-state index in [9.17, 15) is 4.39 Å². The van der Waals surface area contributed by atoms with Gasteiger partial charge < -0.3 is 9.30 Å². The van der Waals surface area contributed by atoms with Crippen LogP contribution < -0.4 is 4.74 Å². The lowest BCUT2D eigenvalue weighted by atomic mass is 10.2. The number of hydrogen-bond donors (Lipinski definition) is 0. The third-order valence-corrected chi connectivity index (χ3v) is 4.07. The highest BCUT2D eigenvalue weighted by atomic mass is 19.1. The molecule has 0 unspecified atom stereocenters. The van der Waals surface area contributed by atoms with Crippen LogP contribution in [0, 0.1) is 5.95 Å². The Morgan fingerprint density at radius 1 is 1.07 bits per heavy atom. The highest BCUT2D eigenvalue weighted by Crippen LogP contribution is 2.25. The summed E-state index contributed by atoms with van der Waals surface area (Å²) in [5.74, 6) is 0.617. The first-order valence-electron chi connectivity index (χ1n) is 8.78. The molecule has 7 nitrogen and oxygen atoms in total. The van der Waals surface area contributed by atoms with Crippen molar-refractivity contribution in [3.8, 4) is 28.5 Å². The van der Waals surface area contributed by atoms with Crippen LogP contribution in [0.1, 0.15) is 12.6 Å². The van der Waals surface area contributed by atoms with E-state index < -0.39 is 5.95 Å². The van der Waals surface area contributed by atoms with Gasteiger partial charge in [0.15, 0.2) is 5.82 Å². The third-order valence-electron chi connectivity index (χ3n) is 4.07. The van der Waals surface area contributed by atoms with Crippen LogP contribution in [0.2, 0.25) is 0 Å². The monoisotopic (exact) mass is 376 g/mol. The van der Waals surface area contributed by atoms with Crippen LogP contribution in [0.5, 0.6) is 5.75 Å². The molecule has 0 amide bonds. The molecule has 0 spiro atoms. The van der Waals surface area contributed by atoms with Crippen LogP contribution in [0.25, 0.3) is 22.8 Å². The lowest BCUT2D eigenvalue weighted by Crippen LogP contribution is -2.08. The Hall–Kier alpha value is -3.68. The minimum Gasteiger partial charge on any atom is -0.492 e. The molecule has 0 saturated carbocycles. The Morgan fingerprint density at radius 3 is 2.79 bits per heavy atom. The van der Waals surface area contributed by atoms with Gasteiger partial charge in [-0.1, -0.05) is 6.07 Å². The highest BCUT2D eigenvalue weighted by molar-refractivity contribution is 5.59. The predicted octanol–water partition coefficient (Wildman–Crippen LogP) is 3.38. The molecule has 4 aromatic heterocycles. The Morgan fingerprint density at radius 2 is 2.00 bits per heavy atom. The smallest absolute Gasteiger partial charge is 0.213 e. The molecule has 0 bridgehead atoms. The first kappa shape index (κ1) is 17.7. The zero-order valence-corrected chi connectivity index (χ0v) is 15.2. The number of aromatic nitrogens is 6. The molecule has 140 valence electrons. The van der Waals surface area contributed by atoms with Gasteiger partial charge in [0.2, 0.25) is 5.95 Å². The van der Waals surface area contributed by atoms with E-state index in [1.807, 2.05) is 29.7 Å². The minimum absolute atomic E-state index is 0.364. The summed E-state index contributed by atoms with van der Waals surface area (Å²) in [5.41, 5.74) is 2.63. The van der Waals surface area contributed by atoms with Crippen molar-refractivity contribution in [1.82, 2.24) is 29.7 Å². The van der Waals surface area contributed by atoms with Crippen LogP contribution in [-0.4, -0.2) is 36.3 Å². The van der Waals surface area contributed by atoms with Crippen molar-refractivity contribution in [1.29, 1.82) is 0 Å². The second-order valence-corrected chi connectivity index (χ2v) is 5.94. The van der Waals surface area contributed by atoms with Crippen molar-refractivity contribution in [2.45, 2.75) is 13.5 Å². The minimum atomic E-state index is -0.553. The lowest BCUT2D eigenvalue weighted by molar-refractivity contribution is 0.332. The van der Waals surface area contributed by atoms with Crippen molar-refractivity contribution in [3.05, 3.63) is 72.8 Å². The second kappa shape index (κ2) is 7.91. The molecule has 0 saturated heterocycles. The van der Waals surface area contributed by atoms with Crippen molar-refractivity contribution in [2.24, 2.45) is 0 Å². The molecule has 0 aliphatic rings. The molecule has 0 N–H and O–H groups in total. The van der Waals surface area contributed by atoms with Gasteiger partial charge in [-0.05, 0) is 31.2 Å². The molecule has 4 heterocycles. The highest BCUT2D eigenvalue weighted by Gasteiger charge is 2.14. The summed E-state index contributed by atoms with van der Waals surface area (Å²) in [6.45, 7) is 2.77. The van der Waals surface area contributed by atoms with Crippen molar-refractivity contribution in [2.75, 3.05) is 6.61 Å². The summed E-state index contributed by atoms with van der Waals surface area (Å²) in [4.78, 5) is 12.3. The Kier molecular flexibility index (Phi) is 5.01. The van der Waals surface area contributed by atoms with E-state index >= 15 is 0 Å². The lowest BCUT2D eigenvalue weighted by Gasteiger charge is -2.12. The van der Waals surface area contributed by atoms with Crippen LogP contribution in [-0.2, 0) is 6.54 Å². The molecule has 28 heavy (non-hydrogen) atoms. The van der Waals surface area contributed by atoms with Gasteiger partial charge in [-0.2, -0.15) is 4.39 Å². The number of imidazole rings is 1. The summed E-state index contributed by atoms with van der Waals surface area (Å²) in [5, 5.41) is 8.66. The van der Waals surface area contributed by atoms with Gasteiger partial charge in [-0.25, -0.2) is 9.97 Å². The molecule has 0 aliphatic carbocycles. The zero-order valence-electron chi connectivity index (χ0n) is 15.2. The number of halogens is 1. The maximum absolute atomic E-state index is 13.5. The van der Waals surface area contributed by atoms with Crippen molar-refractivity contribution >= 4 is 0 Å². The summed E-state index contributed by atoms with van der Waals surface area (Å²) < 4.78 is 21.1. The number of ether oxygens (including phenoxy) is 1. The summed E-state index contributed by atoms with van der Waals surface area (Å²) >= 11 is 0. The molecular formula is C20H17FN6O. The second-order valence-electron chi connectivity index (χ2n) is 5.94. The van der Waals surface area contributed by atoms with Gasteiger partial charge in [-0.3, -0.25) is 4.98 Å². The average molecular weight is 376 g/mol. The van der Waals surface area contributed by atoms with Gasteiger partial charge in [0.1, 0.15) is 17.1 Å². The van der Waals surface area contributed by atoms with E-state index in [1.165, 1.54) is 6.07 Å². The fourth-order valence-electron chi connectivity index (χ4n) is 2.81. The largest absolute Gasteiger partial charge is 0.492 e. The SMILES string of the molecule is CCOc1cc(-c2cccnc2)nnc1Cn1ccnc1-c1cccc(F)n1. The predicted molar refractivity (Wildman–Crippen MR) is 101 cm³/mol.